The van der Waals surface area contributed by atoms with Crippen molar-refractivity contribution in [1.29, 1.82) is 0 Å². The largest absolute Gasteiger partial charge is 0.507 e. The van der Waals surface area contributed by atoms with Gasteiger partial charge < -0.3 is 10.8 Å². The Morgan fingerprint density at radius 1 is 1.40 bits per heavy atom. The first-order valence-corrected chi connectivity index (χ1v) is 5.12. The zero-order valence-electron chi connectivity index (χ0n) is 9.67. The lowest BCUT2D eigenvalue weighted by Gasteiger charge is -2.14. The van der Waals surface area contributed by atoms with Crippen LogP contribution in [0.4, 0.5) is 0 Å². The molecular weight excluding hydrogens is 186 g/mol. The minimum Gasteiger partial charge on any atom is -0.507 e. The zero-order valence-corrected chi connectivity index (χ0v) is 9.67. The van der Waals surface area contributed by atoms with E-state index in [4.69, 9.17) is 5.73 Å². The second-order valence-corrected chi connectivity index (χ2v) is 4.27. The highest BCUT2D eigenvalue weighted by molar-refractivity contribution is 5.43. The smallest absolute Gasteiger partial charge is 0.121 e. The summed E-state index contributed by atoms with van der Waals surface area (Å²) in [5, 5.41) is 9.64. The molecule has 0 aromatic heterocycles. The number of benzene rings is 1. The molecule has 0 unspecified atom stereocenters. The van der Waals surface area contributed by atoms with E-state index in [2.05, 4.69) is 6.58 Å². The minimum absolute atomic E-state index is 0.0273. The van der Waals surface area contributed by atoms with Gasteiger partial charge in [-0.2, -0.15) is 0 Å². The molecule has 1 rings (SSSR count). The van der Waals surface area contributed by atoms with Crippen molar-refractivity contribution in [1.82, 2.24) is 0 Å². The Hall–Kier alpha value is -1.28. The summed E-state index contributed by atoms with van der Waals surface area (Å²) in [6, 6.07) is 3.85. The number of aryl methyl sites for hydroxylation is 2. The molecule has 0 aliphatic heterocycles. The average molecular weight is 205 g/mol. The van der Waals surface area contributed by atoms with Crippen molar-refractivity contribution in [2.24, 2.45) is 5.73 Å². The van der Waals surface area contributed by atoms with Gasteiger partial charge in [0.2, 0.25) is 0 Å². The van der Waals surface area contributed by atoms with Gasteiger partial charge in [0, 0.05) is 6.04 Å². The molecule has 0 saturated carbocycles. The number of aromatic hydroxyl groups is 1. The van der Waals surface area contributed by atoms with E-state index in [0.29, 0.717) is 5.75 Å². The molecule has 0 aliphatic carbocycles. The molecule has 0 heterocycles. The molecule has 82 valence electrons. The molecular formula is C13H19NO. The van der Waals surface area contributed by atoms with Crippen molar-refractivity contribution in [2.45, 2.75) is 33.2 Å². The second-order valence-electron chi connectivity index (χ2n) is 4.27. The molecule has 15 heavy (non-hydrogen) atoms. The number of hydrogen-bond donors (Lipinski definition) is 2. The topological polar surface area (TPSA) is 46.2 Å². The van der Waals surface area contributed by atoms with Crippen molar-refractivity contribution < 1.29 is 5.11 Å². The molecule has 0 aliphatic rings. The number of phenols is 1. The van der Waals surface area contributed by atoms with Gasteiger partial charge in [0.15, 0.2) is 0 Å². The maximum atomic E-state index is 9.64. The molecule has 0 amide bonds. The van der Waals surface area contributed by atoms with Crippen LogP contribution in [0.1, 0.15) is 36.1 Å². The first kappa shape index (κ1) is 11.8. The van der Waals surface area contributed by atoms with E-state index in [9.17, 15) is 5.11 Å². The Bertz CT molecular complexity index is 359. The van der Waals surface area contributed by atoms with Crippen LogP contribution in [0.5, 0.6) is 5.75 Å². The van der Waals surface area contributed by atoms with Gasteiger partial charge in [0.05, 0.1) is 0 Å². The second kappa shape index (κ2) is 4.49. The van der Waals surface area contributed by atoms with Crippen LogP contribution in [0, 0.1) is 13.8 Å². The van der Waals surface area contributed by atoms with Crippen LogP contribution < -0.4 is 5.73 Å². The number of hydrogen-bond acceptors (Lipinski definition) is 2. The number of rotatable bonds is 3. The fourth-order valence-electron chi connectivity index (χ4n) is 1.70. The Morgan fingerprint density at radius 3 is 2.27 bits per heavy atom. The minimum atomic E-state index is -0.0273. The molecule has 1 atom stereocenters. The molecule has 2 nitrogen and oxygen atoms in total. The van der Waals surface area contributed by atoms with E-state index >= 15 is 0 Å². The fourth-order valence-corrected chi connectivity index (χ4v) is 1.70. The van der Waals surface area contributed by atoms with Gasteiger partial charge in [-0.25, -0.2) is 0 Å². The molecule has 1 aromatic rings. The van der Waals surface area contributed by atoms with Crippen molar-refractivity contribution >= 4 is 0 Å². The van der Waals surface area contributed by atoms with E-state index in [1.807, 2.05) is 32.9 Å². The van der Waals surface area contributed by atoms with Gasteiger partial charge >= 0.3 is 0 Å². The van der Waals surface area contributed by atoms with Crippen molar-refractivity contribution in [3.63, 3.8) is 0 Å². The quantitative estimate of drug-likeness (QED) is 0.745. The molecule has 0 radical (unpaired) electrons. The molecule has 2 heteroatoms. The van der Waals surface area contributed by atoms with Gasteiger partial charge in [-0.05, 0) is 43.9 Å². The molecule has 3 N–H and O–H groups in total. The molecule has 0 bridgehead atoms. The molecule has 0 spiro atoms. The van der Waals surface area contributed by atoms with Crippen molar-refractivity contribution in [3.05, 3.63) is 41.0 Å². The highest BCUT2D eigenvalue weighted by Gasteiger charge is 2.09. The van der Waals surface area contributed by atoms with E-state index in [-0.39, 0.29) is 6.04 Å². The predicted octanol–water partition coefficient (Wildman–Crippen LogP) is 2.98. The predicted molar refractivity (Wildman–Crippen MR) is 63.9 cm³/mol. The van der Waals surface area contributed by atoms with Crippen LogP contribution in [-0.2, 0) is 0 Å². The van der Waals surface area contributed by atoms with E-state index < -0.39 is 0 Å². The van der Waals surface area contributed by atoms with E-state index in [0.717, 1.165) is 28.7 Å². The Kier molecular flexibility index (Phi) is 3.53. The first-order chi connectivity index (χ1) is 6.91. The summed E-state index contributed by atoms with van der Waals surface area (Å²) in [7, 11) is 0. The first-order valence-electron chi connectivity index (χ1n) is 5.12. The lowest BCUT2D eigenvalue weighted by molar-refractivity contribution is 0.466. The van der Waals surface area contributed by atoms with Gasteiger partial charge in [0.25, 0.3) is 0 Å². The highest BCUT2D eigenvalue weighted by atomic mass is 16.3. The van der Waals surface area contributed by atoms with Gasteiger partial charge in [-0.1, -0.05) is 17.7 Å². The Labute approximate surface area is 91.4 Å². The lowest BCUT2D eigenvalue weighted by Crippen LogP contribution is -2.10. The van der Waals surface area contributed by atoms with Crippen molar-refractivity contribution in [2.75, 3.05) is 0 Å². The monoisotopic (exact) mass is 205 g/mol. The van der Waals surface area contributed by atoms with Crippen LogP contribution in [0.25, 0.3) is 0 Å². The third kappa shape index (κ3) is 2.83. The summed E-state index contributed by atoms with van der Waals surface area (Å²) in [4.78, 5) is 0. The van der Waals surface area contributed by atoms with Crippen LogP contribution in [0.2, 0.25) is 0 Å². The molecule has 0 fully saturated rings. The molecule has 0 saturated heterocycles. The van der Waals surface area contributed by atoms with Crippen LogP contribution in [-0.4, -0.2) is 5.11 Å². The van der Waals surface area contributed by atoms with E-state index in [1.54, 1.807) is 0 Å². The number of phenolic OH excluding ortho intramolecular Hbond substituents is 1. The average Bonchev–Trinajstić information content (AvgIpc) is 2.12. The highest BCUT2D eigenvalue weighted by Crippen LogP contribution is 2.27. The van der Waals surface area contributed by atoms with Crippen LogP contribution >= 0.6 is 0 Å². The van der Waals surface area contributed by atoms with Gasteiger partial charge in [0.1, 0.15) is 5.75 Å². The Morgan fingerprint density at radius 2 is 1.87 bits per heavy atom. The fraction of sp³-hybridized carbons (Fsp3) is 0.385. The summed E-state index contributed by atoms with van der Waals surface area (Å²) in [5.41, 5.74) is 9.93. The summed E-state index contributed by atoms with van der Waals surface area (Å²) in [6.45, 7) is 9.60. The summed E-state index contributed by atoms with van der Waals surface area (Å²) >= 11 is 0. The maximum absolute atomic E-state index is 9.64. The summed E-state index contributed by atoms with van der Waals surface area (Å²) in [5.74, 6) is 0.362. The SMILES string of the molecule is C=C(C)C[C@H](N)c1cc(C)c(O)c(C)c1. The third-order valence-electron chi connectivity index (χ3n) is 2.51. The van der Waals surface area contributed by atoms with Crippen molar-refractivity contribution in [3.8, 4) is 5.75 Å². The van der Waals surface area contributed by atoms with E-state index in [1.165, 1.54) is 0 Å². The van der Waals surface area contributed by atoms with Gasteiger partial charge in [-0.15, -0.1) is 6.58 Å². The Balaban J connectivity index is 3.00. The normalized spacial score (nSPS) is 12.5. The standard InChI is InChI=1S/C13H19NO/c1-8(2)5-12(14)11-6-9(3)13(15)10(4)7-11/h6-7,12,15H,1,5,14H2,2-4H3/t12-/m0/s1. The maximum Gasteiger partial charge on any atom is 0.121 e. The molecule has 1 aromatic carbocycles. The van der Waals surface area contributed by atoms with Crippen LogP contribution in [0.3, 0.4) is 0 Å². The van der Waals surface area contributed by atoms with Gasteiger partial charge in [-0.3, -0.25) is 0 Å². The third-order valence-corrected chi connectivity index (χ3v) is 2.51. The summed E-state index contributed by atoms with van der Waals surface area (Å²) < 4.78 is 0. The number of nitrogens with two attached hydrogens (primary N) is 1. The van der Waals surface area contributed by atoms with Crippen LogP contribution in [0.15, 0.2) is 24.3 Å². The lowest BCUT2D eigenvalue weighted by atomic mass is 9.97. The zero-order chi connectivity index (χ0) is 11.6. The summed E-state index contributed by atoms with van der Waals surface area (Å²) in [6.07, 6.45) is 0.781.